The molecule has 0 spiro atoms. The van der Waals surface area contributed by atoms with Crippen molar-refractivity contribution in [1.29, 1.82) is 0 Å². The molecule has 15 heteroatoms. The van der Waals surface area contributed by atoms with Gasteiger partial charge in [-0.2, -0.15) is 17.2 Å². The number of hydrogen-bond acceptors (Lipinski definition) is 6. The van der Waals surface area contributed by atoms with Gasteiger partial charge in [-0.3, -0.25) is 4.55 Å². The largest absolute Gasteiger partial charge is 0.423 e. The minimum Gasteiger partial charge on any atom is -0.423 e. The first-order valence-electron chi connectivity index (χ1n) is 8.74. The second-order valence-corrected chi connectivity index (χ2v) is 10.4. The summed E-state index contributed by atoms with van der Waals surface area (Å²) in [6.07, 6.45) is 0. The molecular formula is C20H7Br3F4O7S. The first-order valence-corrected chi connectivity index (χ1v) is 12.6. The zero-order valence-electron chi connectivity index (χ0n) is 16.4. The molecule has 1 N–H and O–H groups in total. The maximum Gasteiger partial charge on any atom is 0.345 e. The molecule has 0 saturated heterocycles. The molecule has 0 aromatic heterocycles. The van der Waals surface area contributed by atoms with Crippen molar-refractivity contribution in [1.82, 2.24) is 0 Å². The van der Waals surface area contributed by atoms with E-state index in [1.165, 1.54) is 12.1 Å². The predicted molar refractivity (Wildman–Crippen MR) is 122 cm³/mol. The van der Waals surface area contributed by atoms with Crippen molar-refractivity contribution >= 4 is 69.8 Å². The average molecular weight is 707 g/mol. The molecule has 0 saturated carbocycles. The molecule has 0 fully saturated rings. The minimum atomic E-state index is -5.68. The molecule has 0 bridgehead atoms. The fraction of sp³-hybridized carbons (Fsp3) is 0. The smallest absolute Gasteiger partial charge is 0.345 e. The molecule has 3 aromatic carbocycles. The highest BCUT2D eigenvalue weighted by atomic mass is 79.9. The van der Waals surface area contributed by atoms with Crippen LogP contribution in [0.25, 0.3) is 0 Å². The third kappa shape index (κ3) is 5.74. The highest BCUT2D eigenvalue weighted by Crippen LogP contribution is 2.34. The van der Waals surface area contributed by atoms with Gasteiger partial charge in [-0.25, -0.2) is 18.4 Å². The second kappa shape index (κ2) is 10.3. The SMILES string of the molecule is O=C(Oc1c(F)c(F)c(S(=O)(=O)O)c(F)c1F)c1cccc(OC(=O)c2c(Br)cc(Br)cc2Br)c1. The summed E-state index contributed by atoms with van der Waals surface area (Å²) >= 11 is 9.66. The van der Waals surface area contributed by atoms with Crippen molar-refractivity contribution in [2.24, 2.45) is 0 Å². The van der Waals surface area contributed by atoms with Crippen LogP contribution in [0.4, 0.5) is 17.6 Å². The van der Waals surface area contributed by atoms with Gasteiger partial charge in [0, 0.05) is 13.4 Å². The lowest BCUT2D eigenvalue weighted by Gasteiger charge is -2.12. The summed E-state index contributed by atoms with van der Waals surface area (Å²) in [7, 11) is -5.68. The van der Waals surface area contributed by atoms with E-state index in [-0.39, 0.29) is 11.3 Å². The Hall–Kier alpha value is -2.33. The van der Waals surface area contributed by atoms with E-state index < -0.39 is 61.5 Å². The molecule has 0 aliphatic rings. The third-order valence-electron chi connectivity index (χ3n) is 4.13. The van der Waals surface area contributed by atoms with Crippen LogP contribution >= 0.6 is 47.8 Å². The maximum absolute atomic E-state index is 14.1. The molecule has 0 aliphatic carbocycles. The monoisotopic (exact) mass is 704 g/mol. The van der Waals surface area contributed by atoms with E-state index in [0.717, 1.165) is 12.1 Å². The molecule has 0 aliphatic heterocycles. The van der Waals surface area contributed by atoms with E-state index in [1.807, 2.05) is 0 Å². The number of halogens is 7. The van der Waals surface area contributed by atoms with Gasteiger partial charge in [-0.1, -0.05) is 22.0 Å². The van der Waals surface area contributed by atoms with Crippen molar-refractivity contribution in [3.8, 4) is 11.5 Å². The lowest BCUT2D eigenvalue weighted by molar-refractivity contribution is 0.0703. The zero-order valence-corrected chi connectivity index (χ0v) is 22.0. The van der Waals surface area contributed by atoms with Gasteiger partial charge in [-0.15, -0.1) is 0 Å². The van der Waals surface area contributed by atoms with E-state index in [9.17, 15) is 35.6 Å². The Bertz CT molecular complexity index is 1440. The molecular weight excluding hydrogens is 700 g/mol. The van der Waals surface area contributed by atoms with E-state index >= 15 is 0 Å². The fourth-order valence-electron chi connectivity index (χ4n) is 2.64. The quantitative estimate of drug-likeness (QED) is 0.111. The molecule has 0 amide bonds. The van der Waals surface area contributed by atoms with Crippen molar-refractivity contribution in [3.63, 3.8) is 0 Å². The number of esters is 2. The van der Waals surface area contributed by atoms with Gasteiger partial charge >= 0.3 is 22.1 Å². The molecule has 3 aromatic rings. The lowest BCUT2D eigenvalue weighted by Crippen LogP contribution is -2.16. The minimum absolute atomic E-state index is 0.0928. The van der Waals surface area contributed by atoms with E-state index in [2.05, 4.69) is 52.5 Å². The van der Waals surface area contributed by atoms with Gasteiger partial charge in [0.25, 0.3) is 0 Å². The summed E-state index contributed by atoms with van der Waals surface area (Å²) in [5.74, 6) is -14.2. The Balaban J connectivity index is 1.90. The Kier molecular flexibility index (Phi) is 8.06. The van der Waals surface area contributed by atoms with Crippen molar-refractivity contribution < 1.29 is 49.6 Å². The standard InChI is InChI=1S/C20H7Br3F4O7S/c21-8-5-10(22)12(11(23)6-8)20(29)33-9-3-1-2-7(4-9)19(28)34-17-13(24)15(26)18(35(30,31)32)16(27)14(17)25/h1-6H,(H,30,31,32). The van der Waals surface area contributed by atoms with Crippen LogP contribution in [0.2, 0.25) is 0 Å². The van der Waals surface area contributed by atoms with Gasteiger partial charge in [0.2, 0.25) is 17.4 Å². The molecule has 0 atom stereocenters. The van der Waals surface area contributed by atoms with Gasteiger partial charge in [0.05, 0.1) is 11.1 Å². The first kappa shape index (κ1) is 27.3. The van der Waals surface area contributed by atoms with Crippen LogP contribution < -0.4 is 9.47 Å². The van der Waals surface area contributed by atoms with Crippen LogP contribution in [0.3, 0.4) is 0 Å². The Labute approximate surface area is 219 Å². The average Bonchev–Trinajstić information content (AvgIpc) is 2.73. The van der Waals surface area contributed by atoms with E-state index in [4.69, 9.17) is 9.29 Å². The summed E-state index contributed by atoms with van der Waals surface area (Å²) in [6, 6.07) is 7.63. The molecule has 35 heavy (non-hydrogen) atoms. The fourth-order valence-corrected chi connectivity index (χ4v) is 5.86. The number of benzene rings is 3. The van der Waals surface area contributed by atoms with Crippen LogP contribution in [0.5, 0.6) is 11.5 Å². The van der Waals surface area contributed by atoms with Crippen LogP contribution in [0.1, 0.15) is 20.7 Å². The van der Waals surface area contributed by atoms with Gasteiger partial charge in [-0.05, 0) is 62.2 Å². The first-order chi connectivity index (χ1) is 16.2. The van der Waals surface area contributed by atoms with Crippen LogP contribution in [0.15, 0.2) is 54.7 Å². The number of ether oxygens (including phenoxy) is 2. The van der Waals surface area contributed by atoms with Gasteiger partial charge in [0.1, 0.15) is 5.75 Å². The Morgan fingerprint density at radius 3 is 1.86 bits per heavy atom. The molecule has 3 rings (SSSR count). The number of carbonyl (C=O) groups excluding carboxylic acids is 2. The Morgan fingerprint density at radius 2 is 1.34 bits per heavy atom. The third-order valence-corrected chi connectivity index (χ3v) is 6.71. The summed E-state index contributed by atoms with van der Waals surface area (Å²) in [4.78, 5) is 22.6. The summed E-state index contributed by atoms with van der Waals surface area (Å²) in [6.45, 7) is 0. The highest BCUT2D eigenvalue weighted by Gasteiger charge is 2.34. The predicted octanol–water partition coefficient (Wildman–Crippen LogP) is 6.22. The molecule has 184 valence electrons. The molecule has 0 unspecified atom stereocenters. The van der Waals surface area contributed by atoms with E-state index in [1.54, 1.807) is 12.1 Å². The van der Waals surface area contributed by atoms with Gasteiger partial charge in [0.15, 0.2) is 16.5 Å². The maximum atomic E-state index is 14.1. The number of rotatable bonds is 5. The normalized spacial score (nSPS) is 11.3. The van der Waals surface area contributed by atoms with Crippen molar-refractivity contribution in [2.75, 3.05) is 0 Å². The number of hydrogen-bond donors (Lipinski definition) is 1. The zero-order chi connectivity index (χ0) is 26.2. The Morgan fingerprint density at radius 1 is 0.800 bits per heavy atom. The number of carbonyl (C=O) groups is 2. The summed E-state index contributed by atoms with van der Waals surface area (Å²) in [5, 5.41) is 0. The molecule has 0 radical (unpaired) electrons. The van der Waals surface area contributed by atoms with Crippen LogP contribution in [-0.4, -0.2) is 24.9 Å². The van der Waals surface area contributed by atoms with Crippen molar-refractivity contribution in [3.05, 3.63) is 84.2 Å². The second-order valence-electron chi connectivity index (χ2n) is 6.44. The van der Waals surface area contributed by atoms with E-state index in [0.29, 0.717) is 13.4 Å². The topological polar surface area (TPSA) is 107 Å². The van der Waals surface area contributed by atoms with Gasteiger partial charge < -0.3 is 9.47 Å². The van der Waals surface area contributed by atoms with Crippen LogP contribution in [-0.2, 0) is 10.1 Å². The summed E-state index contributed by atoms with van der Waals surface area (Å²) in [5.41, 5.74) is -0.363. The molecule has 0 heterocycles. The lowest BCUT2D eigenvalue weighted by atomic mass is 10.2. The van der Waals surface area contributed by atoms with Crippen molar-refractivity contribution in [2.45, 2.75) is 4.90 Å². The highest BCUT2D eigenvalue weighted by molar-refractivity contribution is 9.11. The molecule has 7 nitrogen and oxygen atoms in total. The summed E-state index contributed by atoms with van der Waals surface area (Å²) < 4.78 is 97.9. The van der Waals surface area contributed by atoms with Crippen LogP contribution in [0, 0.1) is 23.3 Å².